The molecule has 0 aromatic heterocycles. The number of hydrogen-bond donors (Lipinski definition) is 2. The molecule has 1 rings (SSSR count). The highest BCUT2D eigenvalue weighted by Gasteiger charge is 2.05. The molecule has 0 amide bonds. The lowest BCUT2D eigenvalue weighted by atomic mass is 10.3. The van der Waals surface area contributed by atoms with E-state index in [-0.39, 0.29) is 15.5 Å². The first-order valence-electron chi connectivity index (χ1n) is 3.12. The van der Waals surface area contributed by atoms with Crippen molar-refractivity contribution >= 4 is 27.8 Å². The number of nitrogen functional groups attached to an aromatic ring is 1. The predicted octanol–water partition coefficient (Wildman–Crippen LogP) is 0.0874. The Morgan fingerprint density at radius 2 is 2.00 bits per heavy atom. The molecule has 5 nitrogen and oxygen atoms in total. The molecular formula is C6H6NO4S2-. The van der Waals surface area contributed by atoms with Gasteiger partial charge in [-0.05, 0) is 29.3 Å². The summed E-state index contributed by atoms with van der Waals surface area (Å²) in [5.41, 5.74) is 5.32. The fourth-order valence-corrected chi connectivity index (χ4v) is 1.64. The molecule has 2 atom stereocenters. The molecule has 0 heterocycles. The average molecular weight is 220 g/mol. The number of anilines is 1. The second-order valence-corrected chi connectivity index (χ2v) is 4.06. The number of hydrogen-bond acceptors (Lipinski definition) is 4. The first-order valence-corrected chi connectivity index (χ1v) is 5.30. The number of benzene rings is 1. The molecule has 2 unspecified atom stereocenters. The second-order valence-electron chi connectivity index (χ2n) is 2.18. The molecule has 0 aliphatic heterocycles. The van der Waals surface area contributed by atoms with Crippen molar-refractivity contribution in [1.82, 2.24) is 0 Å². The van der Waals surface area contributed by atoms with Gasteiger partial charge in [0, 0.05) is 4.90 Å². The van der Waals surface area contributed by atoms with Crippen molar-refractivity contribution < 1.29 is 17.5 Å². The minimum Gasteiger partial charge on any atom is -0.768 e. The molecule has 0 aliphatic rings. The Labute approximate surface area is 79.5 Å². The van der Waals surface area contributed by atoms with Crippen LogP contribution in [0, 0.1) is 0 Å². The molecule has 0 spiro atoms. The van der Waals surface area contributed by atoms with Crippen LogP contribution in [0.3, 0.4) is 0 Å². The van der Waals surface area contributed by atoms with Crippen LogP contribution in [0.2, 0.25) is 0 Å². The summed E-state index contributed by atoms with van der Waals surface area (Å²) < 4.78 is 40.1. The third kappa shape index (κ3) is 2.34. The van der Waals surface area contributed by atoms with E-state index >= 15 is 0 Å². The summed E-state index contributed by atoms with van der Waals surface area (Å²) >= 11 is -4.56. The highest BCUT2D eigenvalue weighted by molar-refractivity contribution is 7.79. The Bertz CT molecular complexity index is 379. The van der Waals surface area contributed by atoms with Gasteiger partial charge < -0.3 is 14.8 Å². The van der Waals surface area contributed by atoms with Crippen molar-refractivity contribution in [2.75, 3.05) is 5.73 Å². The molecule has 3 N–H and O–H groups in total. The van der Waals surface area contributed by atoms with Crippen LogP contribution in [0.25, 0.3) is 0 Å². The lowest BCUT2D eigenvalue weighted by Crippen LogP contribution is -1.98. The van der Waals surface area contributed by atoms with Gasteiger partial charge in [0.25, 0.3) is 0 Å². The molecular weight excluding hydrogens is 214 g/mol. The summed E-state index contributed by atoms with van der Waals surface area (Å²) in [4.78, 5) is 0.000833. The van der Waals surface area contributed by atoms with Gasteiger partial charge >= 0.3 is 0 Å². The lowest BCUT2D eigenvalue weighted by Gasteiger charge is -2.07. The van der Waals surface area contributed by atoms with Crippen molar-refractivity contribution in [2.24, 2.45) is 0 Å². The normalized spacial score (nSPS) is 15.2. The fourth-order valence-electron chi connectivity index (χ4n) is 0.789. The number of nitrogens with two attached hydrogens (primary N) is 1. The van der Waals surface area contributed by atoms with Gasteiger partial charge in [0.2, 0.25) is 0 Å². The fraction of sp³-hybridized carbons (Fsp3) is 0. The van der Waals surface area contributed by atoms with E-state index in [0.717, 1.165) is 6.07 Å². The topological polar surface area (TPSA) is 103 Å². The first kappa shape index (κ1) is 10.3. The van der Waals surface area contributed by atoms with E-state index in [0.29, 0.717) is 0 Å². The van der Waals surface area contributed by atoms with Crippen LogP contribution in [-0.4, -0.2) is 17.5 Å². The van der Waals surface area contributed by atoms with Gasteiger partial charge in [-0.25, -0.2) is 4.21 Å². The van der Waals surface area contributed by atoms with E-state index in [1.807, 2.05) is 0 Å². The largest absolute Gasteiger partial charge is 0.768 e. The van der Waals surface area contributed by atoms with Crippen molar-refractivity contribution in [1.29, 1.82) is 0 Å². The van der Waals surface area contributed by atoms with E-state index in [2.05, 4.69) is 0 Å². The maximum Gasteiger partial charge on any atom is 0.188 e. The first-order chi connectivity index (χ1) is 6.02. The molecule has 1 aromatic rings. The van der Waals surface area contributed by atoms with Crippen LogP contribution in [0.15, 0.2) is 28.0 Å². The maximum absolute atomic E-state index is 10.6. The summed E-state index contributed by atoms with van der Waals surface area (Å²) in [5.74, 6) is 0. The summed E-state index contributed by atoms with van der Waals surface area (Å²) in [5, 5.41) is 0. The van der Waals surface area contributed by atoms with Gasteiger partial charge in [-0.15, -0.1) is 0 Å². The summed E-state index contributed by atoms with van der Waals surface area (Å²) in [7, 11) is 0. The van der Waals surface area contributed by atoms with Crippen molar-refractivity contribution in [3.63, 3.8) is 0 Å². The zero-order chi connectivity index (χ0) is 10.0. The molecule has 13 heavy (non-hydrogen) atoms. The molecule has 0 radical (unpaired) electrons. The minimum atomic E-state index is -2.37. The van der Waals surface area contributed by atoms with Crippen LogP contribution >= 0.6 is 0 Å². The van der Waals surface area contributed by atoms with E-state index in [4.69, 9.17) is 10.3 Å². The van der Waals surface area contributed by atoms with Crippen LogP contribution in [-0.2, 0) is 22.2 Å². The zero-order valence-corrected chi connectivity index (χ0v) is 7.93. The van der Waals surface area contributed by atoms with Gasteiger partial charge in [0.05, 0.1) is 10.6 Å². The number of rotatable bonds is 2. The highest BCUT2D eigenvalue weighted by Crippen LogP contribution is 2.18. The van der Waals surface area contributed by atoms with Gasteiger partial charge in [-0.3, -0.25) is 4.21 Å². The smallest absolute Gasteiger partial charge is 0.188 e. The SMILES string of the molecule is Nc1cc(S(=O)[O-])ccc1S(=O)O. The third-order valence-electron chi connectivity index (χ3n) is 1.36. The molecule has 0 saturated heterocycles. The monoisotopic (exact) mass is 220 g/mol. The van der Waals surface area contributed by atoms with Gasteiger partial charge in [-0.1, -0.05) is 0 Å². The van der Waals surface area contributed by atoms with Gasteiger partial charge in [-0.2, -0.15) is 0 Å². The van der Waals surface area contributed by atoms with E-state index in [9.17, 15) is 13.0 Å². The molecule has 72 valence electrons. The lowest BCUT2D eigenvalue weighted by molar-refractivity contribution is 0.536. The summed E-state index contributed by atoms with van der Waals surface area (Å²) in [6, 6.07) is 3.55. The van der Waals surface area contributed by atoms with Crippen LogP contribution < -0.4 is 5.73 Å². The quantitative estimate of drug-likeness (QED) is 0.543. The molecule has 0 bridgehead atoms. The van der Waals surface area contributed by atoms with Gasteiger partial charge in [0.1, 0.15) is 0 Å². The molecule has 7 heteroatoms. The highest BCUT2D eigenvalue weighted by atomic mass is 32.2. The third-order valence-corrected chi connectivity index (χ3v) is 2.75. The van der Waals surface area contributed by atoms with Crippen molar-refractivity contribution in [3.05, 3.63) is 18.2 Å². The molecule has 0 saturated carbocycles. The van der Waals surface area contributed by atoms with Crippen LogP contribution in [0.4, 0.5) is 5.69 Å². The van der Waals surface area contributed by atoms with Gasteiger partial charge in [0.15, 0.2) is 11.1 Å². The molecule has 0 aliphatic carbocycles. The zero-order valence-electron chi connectivity index (χ0n) is 6.30. The standard InChI is InChI=1S/C6H7NO4S2/c7-5-3-4(12(8)9)1-2-6(5)13(10)11/h1-3H,7H2,(H,8,9)(H,10,11)/p-1. The van der Waals surface area contributed by atoms with Crippen LogP contribution in [0.5, 0.6) is 0 Å². The van der Waals surface area contributed by atoms with E-state index in [1.54, 1.807) is 0 Å². The maximum atomic E-state index is 10.6. The molecule has 1 aromatic carbocycles. The second kappa shape index (κ2) is 3.97. The predicted molar refractivity (Wildman–Crippen MR) is 47.1 cm³/mol. The summed E-state index contributed by atoms with van der Waals surface area (Å²) in [6.45, 7) is 0. The Balaban J connectivity index is 3.20. The van der Waals surface area contributed by atoms with Crippen LogP contribution in [0.1, 0.15) is 0 Å². The average Bonchev–Trinajstić information content (AvgIpc) is 2.03. The van der Waals surface area contributed by atoms with Crippen molar-refractivity contribution in [3.8, 4) is 0 Å². The molecule has 0 fully saturated rings. The minimum absolute atomic E-state index is 0.00769. The Hall–Kier alpha value is -0.760. The Morgan fingerprint density at radius 1 is 1.38 bits per heavy atom. The Morgan fingerprint density at radius 3 is 2.38 bits per heavy atom. The summed E-state index contributed by atoms with van der Waals surface area (Å²) in [6.07, 6.45) is 0. The van der Waals surface area contributed by atoms with E-state index in [1.165, 1.54) is 12.1 Å². The van der Waals surface area contributed by atoms with E-state index < -0.39 is 22.2 Å². The Kier molecular flexibility index (Phi) is 3.15. The van der Waals surface area contributed by atoms with Crippen molar-refractivity contribution in [2.45, 2.75) is 9.79 Å².